The van der Waals surface area contributed by atoms with E-state index >= 15 is 0 Å². The second-order valence-corrected chi connectivity index (χ2v) is 5.58. The number of amides is 1. The van der Waals surface area contributed by atoms with Crippen LogP contribution in [-0.2, 0) is 4.79 Å². The van der Waals surface area contributed by atoms with Crippen molar-refractivity contribution in [1.82, 2.24) is 19.9 Å². The molecule has 20 heavy (non-hydrogen) atoms. The molecule has 7 heteroatoms. The molecule has 0 spiro atoms. The predicted octanol–water partition coefficient (Wildman–Crippen LogP) is 0.958. The van der Waals surface area contributed by atoms with Crippen molar-refractivity contribution in [2.45, 2.75) is 26.8 Å². The zero-order chi connectivity index (χ0) is 14.9. The molecular formula is C13H16N4O3. The highest BCUT2D eigenvalue weighted by Gasteiger charge is 2.33. The lowest BCUT2D eigenvalue weighted by molar-refractivity contribution is -0.142. The Morgan fingerprint density at radius 3 is 2.65 bits per heavy atom. The number of aromatic nitrogens is 3. The first kappa shape index (κ1) is 14.0. The largest absolute Gasteiger partial charge is 0.480 e. The zero-order valence-electron chi connectivity index (χ0n) is 11.5. The molecule has 0 saturated carbocycles. The summed E-state index contributed by atoms with van der Waals surface area (Å²) < 4.78 is 1.51. The van der Waals surface area contributed by atoms with Gasteiger partial charge in [-0.1, -0.05) is 20.8 Å². The highest BCUT2D eigenvalue weighted by atomic mass is 16.4. The Bertz CT molecular complexity index is 657. The first-order valence-corrected chi connectivity index (χ1v) is 6.11. The van der Waals surface area contributed by atoms with Gasteiger partial charge in [-0.05, 0) is 5.41 Å². The highest BCUT2D eigenvalue weighted by Crippen LogP contribution is 2.20. The van der Waals surface area contributed by atoms with Crippen molar-refractivity contribution in [2.75, 3.05) is 0 Å². The summed E-state index contributed by atoms with van der Waals surface area (Å²) in [5.74, 6) is -1.55. The highest BCUT2D eigenvalue weighted by molar-refractivity contribution is 6.02. The first-order chi connectivity index (χ1) is 9.30. The van der Waals surface area contributed by atoms with Gasteiger partial charge in [-0.25, -0.2) is 9.31 Å². The van der Waals surface area contributed by atoms with Crippen LogP contribution in [0.5, 0.6) is 0 Å². The van der Waals surface area contributed by atoms with E-state index in [0.717, 1.165) is 0 Å². The SMILES string of the molecule is CC(C)(C)[C@@H](NC(=O)c1cnn2ccncc12)C(=O)O. The van der Waals surface area contributed by atoms with Gasteiger partial charge in [-0.15, -0.1) is 0 Å². The number of aliphatic carboxylic acids is 1. The van der Waals surface area contributed by atoms with Crippen molar-refractivity contribution in [3.63, 3.8) is 0 Å². The third-order valence-corrected chi connectivity index (χ3v) is 2.96. The van der Waals surface area contributed by atoms with Crippen molar-refractivity contribution in [1.29, 1.82) is 0 Å². The minimum Gasteiger partial charge on any atom is -0.480 e. The van der Waals surface area contributed by atoms with E-state index in [2.05, 4.69) is 15.4 Å². The number of fused-ring (bicyclic) bond motifs is 1. The van der Waals surface area contributed by atoms with Crippen LogP contribution < -0.4 is 5.32 Å². The van der Waals surface area contributed by atoms with Crippen molar-refractivity contribution in [2.24, 2.45) is 5.41 Å². The lowest BCUT2D eigenvalue weighted by atomic mass is 9.86. The molecular weight excluding hydrogens is 260 g/mol. The second kappa shape index (κ2) is 4.92. The molecule has 0 bridgehead atoms. The number of nitrogens with one attached hydrogen (secondary N) is 1. The zero-order valence-corrected chi connectivity index (χ0v) is 11.5. The quantitative estimate of drug-likeness (QED) is 0.870. The van der Waals surface area contributed by atoms with E-state index in [0.29, 0.717) is 11.1 Å². The summed E-state index contributed by atoms with van der Waals surface area (Å²) in [6.45, 7) is 5.26. The van der Waals surface area contributed by atoms with Crippen molar-refractivity contribution >= 4 is 17.4 Å². The molecule has 2 rings (SSSR count). The number of hydrogen-bond acceptors (Lipinski definition) is 4. The fraction of sp³-hybridized carbons (Fsp3) is 0.385. The van der Waals surface area contributed by atoms with E-state index < -0.39 is 23.3 Å². The molecule has 0 fully saturated rings. The van der Waals surface area contributed by atoms with Crippen LogP contribution in [0.15, 0.2) is 24.8 Å². The van der Waals surface area contributed by atoms with Gasteiger partial charge in [-0.2, -0.15) is 5.10 Å². The Balaban J connectivity index is 2.30. The van der Waals surface area contributed by atoms with Gasteiger partial charge in [-0.3, -0.25) is 9.78 Å². The third-order valence-electron chi connectivity index (χ3n) is 2.96. The monoisotopic (exact) mass is 276 g/mol. The number of carboxylic acids is 1. The minimum absolute atomic E-state index is 0.300. The van der Waals surface area contributed by atoms with Gasteiger partial charge in [0.1, 0.15) is 6.04 Å². The summed E-state index contributed by atoms with van der Waals surface area (Å²) in [6, 6.07) is -0.985. The molecule has 0 aliphatic heterocycles. The second-order valence-electron chi connectivity index (χ2n) is 5.58. The molecule has 0 radical (unpaired) electrons. The van der Waals surface area contributed by atoms with Gasteiger partial charge in [0.2, 0.25) is 0 Å². The van der Waals surface area contributed by atoms with E-state index in [1.807, 2.05) is 0 Å². The molecule has 0 aliphatic carbocycles. The molecule has 1 amide bonds. The molecule has 0 aromatic carbocycles. The Morgan fingerprint density at radius 2 is 2.05 bits per heavy atom. The van der Waals surface area contributed by atoms with Crippen LogP contribution in [0.25, 0.3) is 5.52 Å². The third kappa shape index (κ3) is 2.61. The topological polar surface area (TPSA) is 96.6 Å². The van der Waals surface area contributed by atoms with E-state index in [4.69, 9.17) is 0 Å². The number of hydrogen-bond donors (Lipinski definition) is 2. The van der Waals surface area contributed by atoms with Crippen LogP contribution in [-0.4, -0.2) is 37.6 Å². The standard InChI is InChI=1S/C13H16N4O3/c1-13(2,3)10(12(19)20)16-11(18)8-6-15-17-5-4-14-7-9(8)17/h4-7,10H,1-3H3,(H,16,18)(H,19,20)/t10-/m0/s1. The number of nitrogens with zero attached hydrogens (tertiary/aromatic N) is 3. The van der Waals surface area contributed by atoms with Gasteiger partial charge in [0, 0.05) is 12.4 Å². The van der Waals surface area contributed by atoms with Crippen LogP contribution in [0.3, 0.4) is 0 Å². The summed E-state index contributed by atoms with van der Waals surface area (Å²) in [6.07, 6.45) is 6.07. The molecule has 0 saturated heterocycles. The van der Waals surface area contributed by atoms with Crippen LogP contribution in [0.2, 0.25) is 0 Å². The van der Waals surface area contributed by atoms with Gasteiger partial charge in [0.25, 0.3) is 5.91 Å². The van der Waals surface area contributed by atoms with E-state index in [-0.39, 0.29) is 0 Å². The van der Waals surface area contributed by atoms with Crippen LogP contribution in [0, 0.1) is 5.41 Å². The lowest BCUT2D eigenvalue weighted by Gasteiger charge is -2.27. The average molecular weight is 276 g/mol. The number of carbonyl (C=O) groups is 2. The van der Waals surface area contributed by atoms with Gasteiger partial charge < -0.3 is 10.4 Å². The van der Waals surface area contributed by atoms with Crippen LogP contribution >= 0.6 is 0 Å². The van der Waals surface area contributed by atoms with Crippen molar-refractivity contribution in [3.8, 4) is 0 Å². The van der Waals surface area contributed by atoms with Crippen molar-refractivity contribution < 1.29 is 14.7 Å². The van der Waals surface area contributed by atoms with Gasteiger partial charge in [0.15, 0.2) is 0 Å². The summed E-state index contributed by atoms with van der Waals surface area (Å²) in [5.41, 5.74) is 0.236. The predicted molar refractivity (Wildman–Crippen MR) is 71.3 cm³/mol. The molecule has 7 nitrogen and oxygen atoms in total. The minimum atomic E-state index is -1.07. The van der Waals surface area contributed by atoms with Crippen molar-refractivity contribution in [3.05, 3.63) is 30.4 Å². The molecule has 2 N–H and O–H groups in total. The molecule has 0 aliphatic rings. The van der Waals surface area contributed by atoms with E-state index in [1.54, 1.807) is 33.2 Å². The Hall–Kier alpha value is -2.44. The van der Waals surface area contributed by atoms with Gasteiger partial charge in [0.05, 0.1) is 23.5 Å². The maximum Gasteiger partial charge on any atom is 0.326 e. The normalized spacial score (nSPS) is 13.2. The number of carboxylic acid groups (broad SMARTS) is 1. The van der Waals surface area contributed by atoms with E-state index in [1.165, 1.54) is 16.9 Å². The molecule has 2 aromatic rings. The lowest BCUT2D eigenvalue weighted by Crippen LogP contribution is -2.49. The maximum absolute atomic E-state index is 12.2. The first-order valence-electron chi connectivity index (χ1n) is 6.11. The Labute approximate surface area is 115 Å². The summed E-state index contributed by atoms with van der Waals surface area (Å²) in [4.78, 5) is 27.4. The Kier molecular flexibility index (Phi) is 3.44. The fourth-order valence-corrected chi connectivity index (χ4v) is 1.87. The molecule has 2 aromatic heterocycles. The smallest absolute Gasteiger partial charge is 0.326 e. The number of rotatable bonds is 3. The Morgan fingerprint density at radius 1 is 1.35 bits per heavy atom. The van der Waals surface area contributed by atoms with Gasteiger partial charge >= 0.3 is 5.97 Å². The molecule has 2 heterocycles. The number of carbonyl (C=O) groups excluding carboxylic acids is 1. The van der Waals surface area contributed by atoms with Crippen LogP contribution in [0.4, 0.5) is 0 Å². The maximum atomic E-state index is 12.2. The van der Waals surface area contributed by atoms with Crippen LogP contribution in [0.1, 0.15) is 31.1 Å². The fourth-order valence-electron chi connectivity index (χ4n) is 1.87. The summed E-state index contributed by atoms with van der Waals surface area (Å²) in [5, 5.41) is 15.8. The molecule has 1 atom stereocenters. The molecule has 106 valence electrons. The summed E-state index contributed by atoms with van der Waals surface area (Å²) >= 11 is 0. The van der Waals surface area contributed by atoms with E-state index in [9.17, 15) is 14.7 Å². The summed E-state index contributed by atoms with van der Waals surface area (Å²) in [7, 11) is 0. The molecule has 0 unspecified atom stereocenters. The average Bonchev–Trinajstić information content (AvgIpc) is 2.77.